The normalized spacial score (nSPS) is 11.3. The number of hydrogen-bond acceptors (Lipinski definition) is 0. The molecule has 2 heteroatoms. The van der Waals surface area contributed by atoms with Crippen LogP contribution in [0.1, 0.15) is 18.2 Å². The van der Waals surface area contributed by atoms with E-state index in [0.29, 0.717) is 16.0 Å². The van der Waals surface area contributed by atoms with Crippen LogP contribution in [0, 0.1) is 0 Å². The van der Waals surface area contributed by atoms with Gasteiger partial charge in [-0.3, -0.25) is 0 Å². The maximum atomic E-state index is 13.9. The summed E-state index contributed by atoms with van der Waals surface area (Å²) in [5.74, 6) is 0. The van der Waals surface area contributed by atoms with Crippen molar-refractivity contribution in [3.63, 3.8) is 0 Å². The fourth-order valence-corrected chi connectivity index (χ4v) is 1.77. The minimum atomic E-state index is 0.550. The van der Waals surface area contributed by atoms with Gasteiger partial charge in [-0.2, -0.15) is 4.79 Å². The summed E-state index contributed by atoms with van der Waals surface area (Å²) in [5.41, 5.74) is 1.97. The molecular weight excluding hydrogens is 189 g/mol. The molecule has 0 saturated heterocycles. The Kier molecular flexibility index (Phi) is 2.42. The second kappa shape index (κ2) is 3.73. The average Bonchev–Trinajstić information content (AvgIpc) is 2.54. The van der Waals surface area contributed by atoms with Gasteiger partial charge in [0.2, 0.25) is 0 Å². The number of rotatable bonds is 2. The zero-order chi connectivity index (χ0) is 10.8. The van der Waals surface area contributed by atoms with E-state index < -0.39 is 0 Å². The molecule has 0 aliphatic carbocycles. The first-order valence-electron chi connectivity index (χ1n) is 4.84. The summed E-state index contributed by atoms with van der Waals surface area (Å²) in [6.45, 7) is 5.59. The number of halogens is 1. The fourth-order valence-electron chi connectivity index (χ4n) is 1.77. The molecule has 0 N–H and O–H groups in total. The van der Waals surface area contributed by atoms with Crippen molar-refractivity contribution in [2.24, 2.45) is 0 Å². The zero-order valence-corrected chi connectivity index (χ0v) is 8.57. The van der Waals surface area contributed by atoms with Crippen molar-refractivity contribution in [1.82, 2.24) is 4.79 Å². The largest absolute Gasteiger partial charge is 0.179 e. The van der Waals surface area contributed by atoms with Crippen LogP contribution in [-0.2, 0) is 0 Å². The average molecular weight is 201 g/mol. The van der Waals surface area contributed by atoms with Crippen LogP contribution >= 0.6 is 0 Å². The lowest BCUT2D eigenvalue weighted by Crippen LogP contribution is -1.85. The van der Waals surface area contributed by atoms with E-state index in [1.165, 1.54) is 0 Å². The Morgan fingerprint density at radius 3 is 2.73 bits per heavy atom. The van der Waals surface area contributed by atoms with Gasteiger partial charge in [-0.15, -0.1) is 0 Å². The number of aromatic nitrogens is 1. The summed E-state index contributed by atoms with van der Waals surface area (Å²) in [6, 6.07) is 7.38. The molecule has 0 aliphatic rings. The quantitative estimate of drug-likeness (QED) is 0.690. The van der Waals surface area contributed by atoms with Gasteiger partial charge in [0.25, 0.3) is 0 Å². The number of benzene rings is 1. The third kappa shape index (κ3) is 1.38. The van der Waals surface area contributed by atoms with E-state index in [-0.39, 0.29) is 0 Å². The summed E-state index contributed by atoms with van der Waals surface area (Å²) in [5, 5.41) is 0.892. The molecule has 0 aliphatic heterocycles. The van der Waals surface area contributed by atoms with Crippen molar-refractivity contribution in [3.8, 4) is 0 Å². The van der Waals surface area contributed by atoms with Gasteiger partial charge in [-0.1, -0.05) is 41.4 Å². The van der Waals surface area contributed by atoms with Gasteiger partial charge in [0.05, 0.1) is 11.2 Å². The molecule has 1 heterocycles. The molecule has 76 valence electrons. The smallest absolute Gasteiger partial charge is 0.0826 e. The predicted molar refractivity (Wildman–Crippen MR) is 63.2 cm³/mol. The molecule has 1 aromatic carbocycles. The Morgan fingerprint density at radius 1 is 1.33 bits per heavy atom. The van der Waals surface area contributed by atoms with Crippen LogP contribution in [0.4, 0.5) is 4.48 Å². The second-order valence-electron chi connectivity index (χ2n) is 3.30. The molecule has 0 fully saturated rings. The van der Waals surface area contributed by atoms with Gasteiger partial charge in [-0.05, 0) is 19.1 Å². The van der Waals surface area contributed by atoms with Crippen molar-refractivity contribution < 1.29 is 4.48 Å². The summed E-state index contributed by atoms with van der Waals surface area (Å²) in [6.07, 6.45) is 5.25. The molecule has 0 radical (unpaired) electrons. The molecular formula is C13H12FN. The molecule has 0 amide bonds. The van der Waals surface area contributed by atoms with E-state index in [0.717, 1.165) is 10.9 Å². The molecule has 1 nitrogen and oxygen atoms in total. The van der Waals surface area contributed by atoms with Crippen molar-refractivity contribution in [2.45, 2.75) is 6.92 Å². The predicted octanol–water partition coefficient (Wildman–Crippen LogP) is 4.05. The third-order valence-electron chi connectivity index (χ3n) is 2.42. The Bertz CT molecular complexity index is 535. The second-order valence-corrected chi connectivity index (χ2v) is 3.30. The van der Waals surface area contributed by atoms with Crippen LogP contribution in [0.25, 0.3) is 23.1 Å². The highest BCUT2D eigenvalue weighted by Gasteiger charge is 2.11. The monoisotopic (exact) mass is 201 g/mol. The topological polar surface area (TPSA) is 4.93 Å². The summed E-state index contributed by atoms with van der Waals surface area (Å²) < 4.78 is 13.9. The molecule has 1 aromatic heterocycles. The van der Waals surface area contributed by atoms with E-state index in [1.807, 2.05) is 31.2 Å². The minimum absolute atomic E-state index is 0.550. The van der Waals surface area contributed by atoms with E-state index in [1.54, 1.807) is 18.2 Å². The maximum Gasteiger partial charge on any atom is 0.0826 e. The SMILES string of the molecule is C=Cc1c(/C=C\C)n(F)c2ccccc12. The lowest BCUT2D eigenvalue weighted by atomic mass is 10.1. The van der Waals surface area contributed by atoms with Gasteiger partial charge in [0.1, 0.15) is 0 Å². The Morgan fingerprint density at radius 2 is 2.07 bits per heavy atom. The summed E-state index contributed by atoms with van der Waals surface area (Å²) in [4.78, 5) is 0.701. The summed E-state index contributed by atoms with van der Waals surface area (Å²) >= 11 is 0. The van der Waals surface area contributed by atoms with Gasteiger partial charge < -0.3 is 0 Å². The maximum absolute atomic E-state index is 13.9. The van der Waals surface area contributed by atoms with Crippen LogP contribution in [0.5, 0.6) is 0 Å². The molecule has 0 spiro atoms. The van der Waals surface area contributed by atoms with Crippen molar-refractivity contribution in [1.29, 1.82) is 0 Å². The fraction of sp³-hybridized carbons (Fsp3) is 0.0769. The van der Waals surface area contributed by atoms with Crippen molar-refractivity contribution >= 4 is 23.1 Å². The highest BCUT2D eigenvalue weighted by molar-refractivity contribution is 5.93. The molecule has 0 saturated carbocycles. The Hall–Kier alpha value is -1.83. The van der Waals surface area contributed by atoms with E-state index in [2.05, 4.69) is 6.58 Å². The van der Waals surface area contributed by atoms with Crippen LogP contribution < -0.4 is 0 Å². The van der Waals surface area contributed by atoms with Gasteiger partial charge >= 0.3 is 0 Å². The lowest BCUT2D eigenvalue weighted by molar-refractivity contribution is 0.384. The van der Waals surface area contributed by atoms with Crippen LogP contribution in [0.15, 0.2) is 36.9 Å². The first-order valence-corrected chi connectivity index (χ1v) is 4.84. The molecule has 2 rings (SSSR count). The minimum Gasteiger partial charge on any atom is -0.179 e. The standard InChI is InChI=1S/C13H12FN/c1-3-7-12-10(4-2)11-8-5-6-9-13(11)15(12)14/h3-9H,2H2,1H3/b7-3-. The zero-order valence-electron chi connectivity index (χ0n) is 8.57. The number of allylic oxidation sites excluding steroid dienone is 1. The van der Waals surface area contributed by atoms with Crippen LogP contribution in [-0.4, -0.2) is 4.79 Å². The van der Waals surface area contributed by atoms with Crippen molar-refractivity contribution in [3.05, 3.63) is 48.2 Å². The first-order chi connectivity index (χ1) is 7.29. The molecule has 15 heavy (non-hydrogen) atoms. The van der Waals surface area contributed by atoms with Crippen LogP contribution in [0.2, 0.25) is 0 Å². The number of para-hydroxylation sites is 1. The number of hydrogen-bond donors (Lipinski definition) is 0. The van der Waals surface area contributed by atoms with E-state index in [9.17, 15) is 4.48 Å². The first kappa shape index (κ1) is 9.71. The third-order valence-corrected chi connectivity index (χ3v) is 2.42. The highest BCUT2D eigenvalue weighted by atomic mass is 19.2. The Labute approximate surface area is 88.1 Å². The molecule has 0 atom stereocenters. The molecule has 0 bridgehead atoms. The van der Waals surface area contributed by atoms with Gasteiger partial charge in [0.15, 0.2) is 0 Å². The molecule has 2 aromatic rings. The van der Waals surface area contributed by atoms with Gasteiger partial charge in [0, 0.05) is 10.9 Å². The Balaban J connectivity index is 2.89. The van der Waals surface area contributed by atoms with Crippen molar-refractivity contribution in [2.75, 3.05) is 0 Å². The lowest BCUT2D eigenvalue weighted by Gasteiger charge is -1.93. The summed E-state index contributed by atoms with van der Waals surface area (Å²) in [7, 11) is 0. The van der Waals surface area contributed by atoms with E-state index in [4.69, 9.17) is 0 Å². The highest BCUT2D eigenvalue weighted by Crippen LogP contribution is 2.28. The van der Waals surface area contributed by atoms with Crippen LogP contribution in [0.3, 0.4) is 0 Å². The van der Waals surface area contributed by atoms with E-state index >= 15 is 0 Å². The number of fused-ring (bicyclic) bond motifs is 1. The van der Waals surface area contributed by atoms with Gasteiger partial charge in [-0.25, -0.2) is 0 Å². The molecule has 0 unspecified atom stereocenters. The number of nitrogens with zero attached hydrogens (tertiary/aromatic N) is 1.